The summed E-state index contributed by atoms with van der Waals surface area (Å²) in [6, 6.07) is 22.8. The molecule has 2 aliphatic carbocycles. The summed E-state index contributed by atoms with van der Waals surface area (Å²) in [5.74, 6) is 1.89. The summed E-state index contributed by atoms with van der Waals surface area (Å²) in [5.41, 5.74) is 7.11. The Bertz CT molecular complexity index is 1190. The number of hydrogen-bond donors (Lipinski definition) is 2. The van der Waals surface area contributed by atoms with Gasteiger partial charge in [0.25, 0.3) is 0 Å². The molecule has 5 rings (SSSR count). The molecule has 0 heterocycles. The van der Waals surface area contributed by atoms with E-state index in [0.29, 0.717) is 16.4 Å². The van der Waals surface area contributed by atoms with Gasteiger partial charge in [0.2, 0.25) is 0 Å². The van der Waals surface area contributed by atoms with E-state index in [-0.39, 0.29) is 15.8 Å². The Kier molecular flexibility index (Phi) is 9.52. The van der Waals surface area contributed by atoms with Crippen LogP contribution in [0.2, 0.25) is 4.71 Å². The normalized spacial score (nSPS) is 18.9. The summed E-state index contributed by atoms with van der Waals surface area (Å²) in [5, 5.41) is 13.7. The molecule has 4 heteroatoms. The zero-order chi connectivity index (χ0) is 26.3. The van der Waals surface area contributed by atoms with Crippen molar-refractivity contribution in [3.8, 4) is 11.5 Å². The van der Waals surface area contributed by atoms with Gasteiger partial charge in [-0.3, -0.25) is 0 Å². The standard InChI is InChI=1S/C34H43AsNO2/c1-24(20-26-10-8-25(9-11-26)18-19-36-30-6-4-3-5-7-30)35-34-23-32(38-2)16-17-33(34)29-13-12-28-22-31(37)15-14-27(28)21-29/h8-11,14-17,22-24,29-30,36-37H,3-7,12-13,18-21H2,1-2H3. The van der Waals surface area contributed by atoms with Gasteiger partial charge < -0.3 is 0 Å². The quantitative estimate of drug-likeness (QED) is 0.272. The van der Waals surface area contributed by atoms with Crippen LogP contribution in [0, 0.1) is 0 Å². The number of phenolic OH excluding ortho intramolecular Hbond substituents is 1. The van der Waals surface area contributed by atoms with Crippen molar-refractivity contribution in [1.82, 2.24) is 5.32 Å². The van der Waals surface area contributed by atoms with Crippen LogP contribution in [-0.4, -0.2) is 40.6 Å². The molecule has 3 nitrogen and oxygen atoms in total. The van der Waals surface area contributed by atoms with Gasteiger partial charge in [0.1, 0.15) is 0 Å². The summed E-state index contributed by atoms with van der Waals surface area (Å²) in [7, 11) is 1.77. The fourth-order valence-electron chi connectivity index (χ4n) is 6.31. The molecule has 0 bridgehead atoms. The zero-order valence-corrected chi connectivity index (χ0v) is 25.0. The Morgan fingerprint density at radius 1 is 0.921 bits per heavy atom. The molecular weight excluding hydrogens is 529 g/mol. The van der Waals surface area contributed by atoms with E-state index in [1.54, 1.807) is 7.11 Å². The monoisotopic (exact) mass is 572 g/mol. The van der Waals surface area contributed by atoms with E-state index < -0.39 is 0 Å². The van der Waals surface area contributed by atoms with Crippen molar-refractivity contribution in [1.29, 1.82) is 0 Å². The van der Waals surface area contributed by atoms with Gasteiger partial charge in [-0.2, -0.15) is 0 Å². The Hall–Kier alpha value is -2.22. The van der Waals surface area contributed by atoms with E-state index in [9.17, 15) is 5.11 Å². The molecule has 2 unspecified atom stereocenters. The van der Waals surface area contributed by atoms with Crippen molar-refractivity contribution >= 4 is 20.1 Å². The molecule has 0 aliphatic heterocycles. The number of methoxy groups -OCH3 is 1. The van der Waals surface area contributed by atoms with Crippen LogP contribution >= 0.6 is 0 Å². The fraction of sp³-hybridized carbons (Fsp3) is 0.471. The van der Waals surface area contributed by atoms with Crippen LogP contribution in [0.15, 0.2) is 60.7 Å². The molecule has 2 aliphatic rings. The predicted molar refractivity (Wildman–Crippen MR) is 159 cm³/mol. The van der Waals surface area contributed by atoms with E-state index in [1.807, 2.05) is 12.1 Å². The molecule has 3 aromatic carbocycles. The topological polar surface area (TPSA) is 41.5 Å². The molecule has 201 valence electrons. The molecule has 0 aromatic heterocycles. The molecule has 3 aromatic rings. The van der Waals surface area contributed by atoms with Crippen LogP contribution in [0.3, 0.4) is 0 Å². The van der Waals surface area contributed by atoms with E-state index in [2.05, 4.69) is 60.8 Å². The first-order valence-corrected chi connectivity index (χ1v) is 16.6. The maximum absolute atomic E-state index is 9.88. The average Bonchev–Trinajstić information content (AvgIpc) is 2.94. The third-order valence-corrected chi connectivity index (χ3v) is 11.2. The van der Waals surface area contributed by atoms with E-state index in [0.717, 1.165) is 50.4 Å². The number of aryl methyl sites for hydroxylation is 1. The van der Waals surface area contributed by atoms with Crippen LogP contribution in [-0.2, 0) is 25.7 Å². The summed E-state index contributed by atoms with van der Waals surface area (Å²) in [6.45, 7) is 3.51. The molecule has 0 spiro atoms. The van der Waals surface area contributed by atoms with Crippen LogP contribution < -0.4 is 14.4 Å². The van der Waals surface area contributed by atoms with Gasteiger partial charge >= 0.3 is 230 Å². The molecule has 0 saturated heterocycles. The third kappa shape index (κ3) is 7.24. The number of rotatable bonds is 10. The number of fused-ring (bicyclic) bond motifs is 1. The van der Waals surface area contributed by atoms with Crippen molar-refractivity contribution in [3.05, 3.63) is 88.5 Å². The Morgan fingerprint density at radius 2 is 1.71 bits per heavy atom. The number of benzene rings is 3. The summed E-state index contributed by atoms with van der Waals surface area (Å²) >= 11 is 0.0171. The second-order valence-electron chi connectivity index (χ2n) is 11.4. The van der Waals surface area contributed by atoms with Gasteiger partial charge in [0.05, 0.1) is 0 Å². The fourth-order valence-corrected chi connectivity index (χ4v) is 9.21. The number of phenols is 1. The number of aromatic hydroxyl groups is 1. The van der Waals surface area contributed by atoms with Crippen LogP contribution in [0.5, 0.6) is 11.5 Å². The van der Waals surface area contributed by atoms with Crippen LogP contribution in [0.1, 0.15) is 79.2 Å². The summed E-state index contributed by atoms with van der Waals surface area (Å²) in [4.78, 5) is 0. The molecule has 0 amide bonds. The van der Waals surface area contributed by atoms with Crippen molar-refractivity contribution in [2.45, 2.75) is 87.8 Å². The number of hydrogen-bond acceptors (Lipinski definition) is 3. The minimum absolute atomic E-state index is 0.0171. The van der Waals surface area contributed by atoms with E-state index >= 15 is 0 Å². The second kappa shape index (κ2) is 13.2. The van der Waals surface area contributed by atoms with Gasteiger partial charge in [-0.15, -0.1) is 0 Å². The average molecular weight is 573 g/mol. The number of nitrogens with one attached hydrogen (secondary N) is 1. The van der Waals surface area contributed by atoms with Crippen molar-refractivity contribution in [2.24, 2.45) is 0 Å². The van der Waals surface area contributed by atoms with Crippen molar-refractivity contribution in [2.75, 3.05) is 13.7 Å². The van der Waals surface area contributed by atoms with Gasteiger partial charge in [0, 0.05) is 0 Å². The molecule has 38 heavy (non-hydrogen) atoms. The Balaban J connectivity index is 1.19. The minimum atomic E-state index is 0.0171. The Morgan fingerprint density at radius 3 is 2.50 bits per heavy atom. The second-order valence-corrected chi connectivity index (χ2v) is 14.8. The molecule has 1 fully saturated rings. The first-order chi connectivity index (χ1) is 18.6. The van der Waals surface area contributed by atoms with Gasteiger partial charge in [-0.05, 0) is 0 Å². The van der Waals surface area contributed by atoms with Crippen molar-refractivity contribution < 1.29 is 9.84 Å². The zero-order valence-electron chi connectivity index (χ0n) is 23.1. The first-order valence-electron chi connectivity index (χ1n) is 14.6. The summed E-state index contributed by atoms with van der Waals surface area (Å²) in [6.07, 6.45) is 12.4. The molecule has 1 saturated carbocycles. The van der Waals surface area contributed by atoms with Gasteiger partial charge in [0.15, 0.2) is 0 Å². The maximum atomic E-state index is 9.88. The van der Waals surface area contributed by atoms with Gasteiger partial charge in [-0.25, -0.2) is 0 Å². The van der Waals surface area contributed by atoms with Gasteiger partial charge in [-0.1, -0.05) is 6.42 Å². The molecule has 2 atom stereocenters. The van der Waals surface area contributed by atoms with Crippen LogP contribution in [0.25, 0.3) is 0 Å². The first kappa shape index (κ1) is 27.3. The third-order valence-electron chi connectivity index (χ3n) is 8.46. The van der Waals surface area contributed by atoms with Crippen LogP contribution in [0.4, 0.5) is 0 Å². The van der Waals surface area contributed by atoms with Crippen molar-refractivity contribution in [3.63, 3.8) is 0 Å². The molecule has 2 N–H and O–H groups in total. The predicted octanol–water partition coefficient (Wildman–Crippen LogP) is 6.52. The summed E-state index contributed by atoms with van der Waals surface area (Å²) < 4.78 is 7.79. The Labute approximate surface area is 236 Å². The molecular formula is C34H43AsNO2. The number of ether oxygens (including phenoxy) is 1. The SMILES string of the molecule is COc1ccc(C2CCc3cc(O)ccc3C2)c([As]C(C)Cc2ccc(CCNC3CCCCC3)cc2)c1. The van der Waals surface area contributed by atoms with E-state index in [4.69, 9.17) is 4.74 Å². The van der Waals surface area contributed by atoms with E-state index in [1.165, 1.54) is 64.3 Å². The molecule has 1 radical (unpaired) electrons.